The van der Waals surface area contributed by atoms with Crippen LogP contribution in [0.1, 0.15) is 11.1 Å². The molecule has 0 heterocycles. The van der Waals surface area contributed by atoms with E-state index in [9.17, 15) is 5.11 Å². The average molecular weight is 317 g/mol. The summed E-state index contributed by atoms with van der Waals surface area (Å²) in [4.78, 5) is 0. The fraction of sp³-hybridized carbons (Fsp3) is 0.250. The van der Waals surface area contributed by atoms with Gasteiger partial charge in [-0.15, -0.1) is 23.2 Å². The van der Waals surface area contributed by atoms with Crippen molar-refractivity contribution in [3.05, 3.63) is 26.8 Å². The van der Waals surface area contributed by atoms with Crippen LogP contribution in [0.5, 0.6) is 5.75 Å². The van der Waals surface area contributed by atoms with Gasteiger partial charge in [0.1, 0.15) is 5.75 Å². The van der Waals surface area contributed by atoms with Crippen molar-refractivity contribution in [3.8, 4) is 5.75 Å². The van der Waals surface area contributed by atoms with Gasteiger partial charge in [-0.2, -0.15) is 0 Å². The van der Waals surface area contributed by atoms with E-state index in [2.05, 4.69) is 22.6 Å². The van der Waals surface area contributed by atoms with Crippen LogP contribution in [-0.4, -0.2) is 5.11 Å². The Morgan fingerprint density at radius 3 is 2.25 bits per heavy atom. The van der Waals surface area contributed by atoms with E-state index in [1.165, 1.54) is 0 Å². The van der Waals surface area contributed by atoms with E-state index in [1.54, 1.807) is 6.07 Å². The molecular weight excluding hydrogens is 310 g/mol. The minimum absolute atomic E-state index is 0.239. The maximum absolute atomic E-state index is 9.38. The Kier molecular flexibility index (Phi) is 3.93. The van der Waals surface area contributed by atoms with Crippen molar-refractivity contribution in [3.63, 3.8) is 0 Å². The van der Waals surface area contributed by atoms with Gasteiger partial charge in [0.05, 0.1) is 5.88 Å². The van der Waals surface area contributed by atoms with Crippen molar-refractivity contribution in [1.82, 2.24) is 0 Å². The van der Waals surface area contributed by atoms with E-state index in [4.69, 9.17) is 23.2 Å². The Morgan fingerprint density at radius 2 is 1.75 bits per heavy atom. The third-order valence-corrected chi connectivity index (χ3v) is 3.12. The highest BCUT2D eigenvalue weighted by molar-refractivity contribution is 14.1. The Hall–Kier alpha value is 0.330. The van der Waals surface area contributed by atoms with Crippen LogP contribution in [0.25, 0.3) is 0 Å². The minimum Gasteiger partial charge on any atom is -0.508 e. The van der Waals surface area contributed by atoms with Crippen LogP contribution < -0.4 is 0 Å². The second kappa shape index (κ2) is 4.53. The fourth-order valence-electron chi connectivity index (χ4n) is 0.868. The number of rotatable bonds is 2. The van der Waals surface area contributed by atoms with E-state index in [0.717, 1.165) is 14.7 Å². The largest absolute Gasteiger partial charge is 0.508 e. The summed E-state index contributed by atoms with van der Waals surface area (Å²) >= 11 is 13.4. The molecular formula is C8H7Cl2IO. The molecule has 0 aliphatic rings. The molecule has 0 aliphatic heterocycles. The molecule has 0 fully saturated rings. The van der Waals surface area contributed by atoms with Crippen LogP contribution in [0, 0.1) is 3.57 Å². The lowest BCUT2D eigenvalue weighted by Gasteiger charge is -2.05. The van der Waals surface area contributed by atoms with Crippen LogP contribution in [0.2, 0.25) is 0 Å². The smallest absolute Gasteiger partial charge is 0.121 e. The van der Waals surface area contributed by atoms with Crippen LogP contribution in [0.4, 0.5) is 0 Å². The van der Waals surface area contributed by atoms with Crippen molar-refractivity contribution in [1.29, 1.82) is 0 Å². The van der Waals surface area contributed by atoms with Gasteiger partial charge in [-0.3, -0.25) is 0 Å². The molecule has 1 aromatic rings. The van der Waals surface area contributed by atoms with Gasteiger partial charge in [-0.05, 0) is 40.3 Å². The highest BCUT2D eigenvalue weighted by Gasteiger charge is 2.05. The van der Waals surface area contributed by atoms with E-state index < -0.39 is 0 Å². The molecule has 0 aromatic heterocycles. The van der Waals surface area contributed by atoms with Crippen LogP contribution in [-0.2, 0) is 11.8 Å². The number of halogens is 3. The Morgan fingerprint density at radius 1 is 1.17 bits per heavy atom. The Labute approximate surface area is 94.8 Å². The van der Waals surface area contributed by atoms with Crippen LogP contribution in [0.3, 0.4) is 0 Å². The molecule has 4 heteroatoms. The molecule has 66 valence electrons. The molecule has 0 aliphatic carbocycles. The van der Waals surface area contributed by atoms with Gasteiger partial charge in [0.2, 0.25) is 0 Å². The quantitative estimate of drug-likeness (QED) is 0.654. The van der Waals surface area contributed by atoms with Crippen LogP contribution >= 0.6 is 45.8 Å². The standard InChI is InChI=1S/C8H7Cl2IO/c9-3-5-1-6(4-10)8(12)2-7(5)11/h1-2,12H,3-4H2. The SMILES string of the molecule is Oc1cc(I)c(CCl)cc1CCl. The van der Waals surface area contributed by atoms with Gasteiger partial charge >= 0.3 is 0 Å². The number of alkyl halides is 2. The summed E-state index contributed by atoms with van der Waals surface area (Å²) in [6.45, 7) is 0. The molecule has 0 saturated carbocycles. The van der Waals surface area contributed by atoms with E-state index in [0.29, 0.717) is 11.8 Å². The number of phenols is 1. The highest BCUT2D eigenvalue weighted by atomic mass is 127. The fourth-order valence-corrected chi connectivity index (χ4v) is 2.17. The molecule has 0 saturated heterocycles. The van der Waals surface area contributed by atoms with E-state index in [-0.39, 0.29) is 5.75 Å². The summed E-state index contributed by atoms with van der Waals surface area (Å²) < 4.78 is 0.967. The van der Waals surface area contributed by atoms with Gasteiger partial charge in [0.15, 0.2) is 0 Å². The number of phenolic OH excluding ortho intramolecular Hbond substituents is 1. The average Bonchev–Trinajstić information content (AvgIpc) is 2.05. The zero-order valence-corrected chi connectivity index (χ0v) is 9.82. The van der Waals surface area contributed by atoms with Gasteiger partial charge < -0.3 is 5.11 Å². The lowest BCUT2D eigenvalue weighted by molar-refractivity contribution is 0.470. The summed E-state index contributed by atoms with van der Waals surface area (Å²) in [7, 11) is 0. The monoisotopic (exact) mass is 316 g/mol. The number of benzene rings is 1. The van der Waals surface area contributed by atoms with Crippen LogP contribution in [0.15, 0.2) is 12.1 Å². The molecule has 0 atom stereocenters. The predicted molar refractivity (Wildman–Crippen MR) is 59.9 cm³/mol. The lowest BCUT2D eigenvalue weighted by Crippen LogP contribution is -1.88. The number of hydrogen-bond acceptors (Lipinski definition) is 1. The first-order valence-electron chi connectivity index (χ1n) is 3.31. The summed E-state index contributed by atoms with van der Waals surface area (Å²) in [5.41, 5.74) is 1.73. The van der Waals surface area contributed by atoms with Gasteiger partial charge in [0.25, 0.3) is 0 Å². The van der Waals surface area contributed by atoms with E-state index >= 15 is 0 Å². The first-order chi connectivity index (χ1) is 5.69. The summed E-state index contributed by atoms with van der Waals surface area (Å²) in [6.07, 6.45) is 0. The summed E-state index contributed by atoms with van der Waals surface area (Å²) in [5, 5.41) is 9.38. The van der Waals surface area contributed by atoms with Gasteiger partial charge in [-0.1, -0.05) is 0 Å². The first-order valence-corrected chi connectivity index (χ1v) is 5.46. The molecule has 0 unspecified atom stereocenters. The molecule has 0 spiro atoms. The topological polar surface area (TPSA) is 20.2 Å². The summed E-state index contributed by atoms with van der Waals surface area (Å²) in [5.74, 6) is 0.998. The van der Waals surface area contributed by atoms with Crippen molar-refractivity contribution >= 4 is 45.8 Å². The van der Waals surface area contributed by atoms with E-state index in [1.807, 2.05) is 6.07 Å². The maximum atomic E-state index is 9.38. The predicted octanol–water partition coefficient (Wildman–Crippen LogP) is 3.47. The second-order valence-electron chi connectivity index (χ2n) is 2.34. The molecule has 0 bridgehead atoms. The molecule has 1 aromatic carbocycles. The highest BCUT2D eigenvalue weighted by Crippen LogP contribution is 2.26. The third-order valence-electron chi connectivity index (χ3n) is 1.54. The maximum Gasteiger partial charge on any atom is 0.121 e. The normalized spacial score (nSPS) is 10.2. The summed E-state index contributed by atoms with van der Waals surface area (Å²) in [6, 6.07) is 3.51. The molecule has 0 radical (unpaired) electrons. The first kappa shape index (κ1) is 10.4. The number of hydrogen-bond donors (Lipinski definition) is 1. The minimum atomic E-state index is 0.239. The number of aromatic hydroxyl groups is 1. The van der Waals surface area contributed by atoms with Crippen molar-refractivity contribution in [2.45, 2.75) is 11.8 Å². The lowest BCUT2D eigenvalue weighted by atomic mass is 10.1. The van der Waals surface area contributed by atoms with Crippen molar-refractivity contribution in [2.75, 3.05) is 0 Å². The van der Waals surface area contributed by atoms with Crippen molar-refractivity contribution in [2.24, 2.45) is 0 Å². The Balaban J connectivity index is 3.18. The molecule has 12 heavy (non-hydrogen) atoms. The second-order valence-corrected chi connectivity index (χ2v) is 4.04. The third kappa shape index (κ3) is 2.18. The van der Waals surface area contributed by atoms with Crippen molar-refractivity contribution < 1.29 is 5.11 Å². The molecule has 1 nitrogen and oxygen atoms in total. The molecule has 1 rings (SSSR count). The van der Waals surface area contributed by atoms with Gasteiger partial charge in [0, 0.05) is 15.0 Å². The molecule has 1 N–H and O–H groups in total. The zero-order valence-electron chi connectivity index (χ0n) is 6.15. The molecule has 0 amide bonds. The Bertz CT molecular complexity index is 263. The zero-order chi connectivity index (χ0) is 9.14. The van der Waals surface area contributed by atoms with Gasteiger partial charge in [-0.25, -0.2) is 0 Å².